The monoisotopic (exact) mass is 267 g/mol. The first kappa shape index (κ1) is 15.0. The maximum absolute atomic E-state index is 12.1. The molecule has 0 amide bonds. The molecule has 0 spiro atoms. The van der Waals surface area contributed by atoms with Gasteiger partial charge in [0.05, 0.1) is 11.7 Å². The second kappa shape index (κ2) is 5.17. The van der Waals surface area contributed by atoms with Crippen LogP contribution in [0.2, 0.25) is 0 Å². The zero-order valence-electron chi connectivity index (χ0n) is 13.2. The van der Waals surface area contributed by atoms with Crippen LogP contribution in [0.3, 0.4) is 0 Å². The number of carbonyl (C=O) groups excluding carboxylic acids is 1. The average molecular weight is 267 g/mol. The summed E-state index contributed by atoms with van der Waals surface area (Å²) in [5, 5.41) is 0. The maximum Gasteiger partial charge on any atom is 0.137 e. The predicted octanol–water partition coefficient (Wildman–Crippen LogP) is 2.88. The van der Waals surface area contributed by atoms with E-state index in [2.05, 4.69) is 39.5 Å². The fraction of sp³-hybridized carbons (Fsp3) is 0.938. The lowest BCUT2D eigenvalue weighted by Gasteiger charge is -2.44. The molecule has 1 aliphatic carbocycles. The second-order valence-electron chi connectivity index (χ2n) is 7.91. The van der Waals surface area contributed by atoms with Gasteiger partial charge in [-0.1, -0.05) is 13.8 Å². The maximum atomic E-state index is 12.1. The van der Waals surface area contributed by atoms with Crippen LogP contribution < -0.4 is 0 Å². The van der Waals surface area contributed by atoms with Crippen molar-refractivity contribution in [3.63, 3.8) is 0 Å². The lowest BCUT2D eigenvalue weighted by Crippen LogP contribution is -2.54. The Morgan fingerprint density at radius 3 is 2.63 bits per heavy atom. The molecule has 2 atom stereocenters. The average Bonchev–Trinajstić information content (AvgIpc) is 2.20. The van der Waals surface area contributed by atoms with E-state index in [0.29, 0.717) is 11.2 Å². The van der Waals surface area contributed by atoms with E-state index in [-0.39, 0.29) is 17.6 Å². The molecule has 0 N–H and O–H groups in total. The van der Waals surface area contributed by atoms with E-state index in [1.165, 1.54) is 0 Å². The van der Waals surface area contributed by atoms with Gasteiger partial charge in [-0.05, 0) is 39.0 Å². The molecule has 1 saturated carbocycles. The van der Waals surface area contributed by atoms with E-state index in [1.54, 1.807) is 0 Å². The third kappa shape index (κ3) is 4.03. The molecule has 1 saturated heterocycles. The topological polar surface area (TPSA) is 29.5 Å². The zero-order chi connectivity index (χ0) is 14.3. The Kier molecular flexibility index (Phi) is 4.08. The fourth-order valence-corrected chi connectivity index (χ4v) is 3.75. The molecular formula is C16H29NO2. The van der Waals surface area contributed by atoms with Crippen LogP contribution in [-0.4, -0.2) is 42.0 Å². The molecule has 0 aromatic heterocycles. The summed E-state index contributed by atoms with van der Waals surface area (Å²) < 4.78 is 5.93. The van der Waals surface area contributed by atoms with E-state index in [4.69, 9.17) is 4.74 Å². The molecule has 0 aromatic carbocycles. The number of ketones is 1. The van der Waals surface area contributed by atoms with E-state index in [0.717, 1.165) is 38.9 Å². The van der Waals surface area contributed by atoms with E-state index in [9.17, 15) is 4.79 Å². The van der Waals surface area contributed by atoms with Crippen molar-refractivity contribution in [2.45, 2.75) is 65.6 Å². The fourth-order valence-electron chi connectivity index (χ4n) is 3.75. The summed E-state index contributed by atoms with van der Waals surface area (Å²) in [5.74, 6) is 0.695. The largest absolute Gasteiger partial charge is 0.370 e. The number of rotatable bonds is 2. The molecule has 2 aliphatic rings. The number of nitrogens with zero attached hydrogens (tertiary/aromatic N) is 1. The van der Waals surface area contributed by atoms with Crippen LogP contribution in [0.25, 0.3) is 0 Å². The molecule has 3 nitrogen and oxygen atoms in total. The summed E-state index contributed by atoms with van der Waals surface area (Å²) in [7, 11) is 0. The van der Waals surface area contributed by atoms with Crippen LogP contribution in [0.15, 0.2) is 0 Å². The smallest absolute Gasteiger partial charge is 0.137 e. The molecule has 0 radical (unpaired) electrons. The van der Waals surface area contributed by atoms with Gasteiger partial charge in [-0.15, -0.1) is 0 Å². The highest BCUT2D eigenvalue weighted by atomic mass is 16.5. The third-order valence-electron chi connectivity index (χ3n) is 4.42. The summed E-state index contributed by atoms with van der Waals surface area (Å²) in [6, 6.07) is 0. The van der Waals surface area contributed by atoms with Crippen molar-refractivity contribution in [2.75, 3.05) is 19.6 Å². The lowest BCUT2D eigenvalue weighted by atomic mass is 9.71. The Morgan fingerprint density at radius 2 is 2.00 bits per heavy atom. The van der Waals surface area contributed by atoms with Crippen molar-refractivity contribution in [2.24, 2.45) is 11.3 Å². The van der Waals surface area contributed by atoms with Crippen LogP contribution in [0, 0.1) is 11.3 Å². The Labute approximate surface area is 117 Å². The number of hydrogen-bond acceptors (Lipinski definition) is 3. The third-order valence-corrected chi connectivity index (χ3v) is 4.42. The minimum atomic E-state index is -0.0924. The van der Waals surface area contributed by atoms with Crippen molar-refractivity contribution in [1.29, 1.82) is 0 Å². The van der Waals surface area contributed by atoms with Crippen molar-refractivity contribution in [1.82, 2.24) is 4.90 Å². The van der Waals surface area contributed by atoms with Gasteiger partial charge in [0.25, 0.3) is 0 Å². The predicted molar refractivity (Wildman–Crippen MR) is 77.2 cm³/mol. The Hall–Kier alpha value is -0.410. The first-order chi connectivity index (χ1) is 8.67. The summed E-state index contributed by atoms with van der Waals surface area (Å²) in [6.45, 7) is 13.8. The van der Waals surface area contributed by atoms with Gasteiger partial charge in [-0.3, -0.25) is 9.69 Å². The number of morpholine rings is 1. The molecule has 110 valence electrons. The minimum absolute atomic E-state index is 0.0924. The standard InChI is InChI=1S/C16H29NO2/c1-12-9-17(11-16(4,5)19-12)10-13-8-15(2,3)7-6-14(13)18/h12-13H,6-11H2,1-5H3. The number of carbonyl (C=O) groups is 1. The van der Waals surface area contributed by atoms with E-state index < -0.39 is 0 Å². The molecule has 2 fully saturated rings. The molecule has 3 heteroatoms. The molecule has 2 unspecified atom stereocenters. The van der Waals surface area contributed by atoms with Crippen LogP contribution >= 0.6 is 0 Å². The van der Waals surface area contributed by atoms with Crippen LogP contribution in [-0.2, 0) is 9.53 Å². The van der Waals surface area contributed by atoms with Crippen molar-refractivity contribution in [3.05, 3.63) is 0 Å². The highest BCUT2D eigenvalue weighted by Crippen LogP contribution is 2.37. The quantitative estimate of drug-likeness (QED) is 0.770. The van der Waals surface area contributed by atoms with Crippen molar-refractivity contribution in [3.8, 4) is 0 Å². The number of hydrogen-bond donors (Lipinski definition) is 0. The Morgan fingerprint density at radius 1 is 1.32 bits per heavy atom. The Balaban J connectivity index is 1.97. The molecular weight excluding hydrogens is 238 g/mol. The highest BCUT2D eigenvalue weighted by molar-refractivity contribution is 5.82. The molecule has 1 heterocycles. The second-order valence-corrected chi connectivity index (χ2v) is 7.91. The normalized spacial score (nSPS) is 35.3. The molecule has 19 heavy (non-hydrogen) atoms. The van der Waals surface area contributed by atoms with Gasteiger partial charge < -0.3 is 4.74 Å². The summed E-state index contributed by atoms with van der Waals surface area (Å²) in [4.78, 5) is 14.6. The van der Waals surface area contributed by atoms with Crippen LogP contribution in [0.1, 0.15) is 53.9 Å². The highest BCUT2D eigenvalue weighted by Gasteiger charge is 2.37. The van der Waals surface area contributed by atoms with Gasteiger partial charge in [-0.25, -0.2) is 0 Å². The van der Waals surface area contributed by atoms with Crippen LogP contribution in [0.5, 0.6) is 0 Å². The number of Topliss-reactive ketones (excluding diaryl/α,β-unsaturated/α-hetero) is 1. The van der Waals surface area contributed by atoms with E-state index in [1.807, 2.05) is 0 Å². The molecule has 1 aliphatic heterocycles. The Bertz CT molecular complexity index is 349. The van der Waals surface area contributed by atoms with Gasteiger partial charge in [0.2, 0.25) is 0 Å². The SMILES string of the molecule is CC1CN(CC2CC(C)(C)CCC2=O)CC(C)(C)O1. The minimum Gasteiger partial charge on any atom is -0.370 e. The summed E-state index contributed by atoms with van der Waals surface area (Å²) in [5.41, 5.74) is 0.233. The van der Waals surface area contributed by atoms with Crippen LogP contribution in [0.4, 0.5) is 0 Å². The molecule has 0 bridgehead atoms. The zero-order valence-corrected chi connectivity index (χ0v) is 13.2. The van der Waals surface area contributed by atoms with Gasteiger partial charge in [0.15, 0.2) is 0 Å². The van der Waals surface area contributed by atoms with Crippen molar-refractivity contribution >= 4 is 5.78 Å². The van der Waals surface area contributed by atoms with Gasteiger partial charge in [-0.2, -0.15) is 0 Å². The van der Waals surface area contributed by atoms with Gasteiger partial charge in [0, 0.05) is 32.0 Å². The van der Waals surface area contributed by atoms with E-state index >= 15 is 0 Å². The first-order valence-corrected chi connectivity index (χ1v) is 7.60. The summed E-state index contributed by atoms with van der Waals surface area (Å²) >= 11 is 0. The molecule has 0 aromatic rings. The summed E-state index contributed by atoms with van der Waals surface area (Å²) in [6.07, 6.45) is 3.11. The lowest BCUT2D eigenvalue weighted by molar-refractivity contribution is -0.140. The molecule has 2 rings (SSSR count). The van der Waals surface area contributed by atoms with Gasteiger partial charge in [0.1, 0.15) is 5.78 Å². The number of ether oxygens (including phenoxy) is 1. The van der Waals surface area contributed by atoms with Crippen molar-refractivity contribution < 1.29 is 9.53 Å². The van der Waals surface area contributed by atoms with Gasteiger partial charge >= 0.3 is 0 Å². The first-order valence-electron chi connectivity index (χ1n) is 7.60.